The second-order valence-corrected chi connectivity index (χ2v) is 6.94. The first-order valence-electron chi connectivity index (χ1n) is 8.81. The van der Waals surface area contributed by atoms with Crippen LogP contribution < -0.4 is 20.9 Å². The number of thiocarbonyl (C=S) groups is 1. The molecule has 28 heavy (non-hydrogen) atoms. The van der Waals surface area contributed by atoms with Crippen LogP contribution in [0.15, 0.2) is 22.7 Å². The standard InChI is InChI=1S/C18H24BrN3O5S/c1-3-9-26-17(25)8-7-15(23)20-18(28)22-21-16(24)11-27-14-6-5-12(4-2)10-13(14)19/h5-6,10H,3-4,7-9,11H2,1-2H3,(H,21,24)(H2,20,22,23,28). The molecule has 1 aromatic carbocycles. The summed E-state index contributed by atoms with van der Waals surface area (Å²) in [5, 5.41) is 2.26. The summed E-state index contributed by atoms with van der Waals surface area (Å²) in [5.41, 5.74) is 5.86. The Morgan fingerprint density at radius 2 is 1.86 bits per heavy atom. The second-order valence-electron chi connectivity index (χ2n) is 5.68. The van der Waals surface area contributed by atoms with Gasteiger partial charge in [0, 0.05) is 6.42 Å². The molecule has 0 atom stereocenters. The molecular weight excluding hydrogens is 450 g/mol. The number of amides is 2. The lowest BCUT2D eigenvalue weighted by molar-refractivity contribution is -0.144. The normalized spacial score (nSPS) is 9.96. The molecule has 0 saturated heterocycles. The summed E-state index contributed by atoms with van der Waals surface area (Å²) in [7, 11) is 0. The van der Waals surface area contributed by atoms with Gasteiger partial charge in [-0.15, -0.1) is 0 Å². The van der Waals surface area contributed by atoms with E-state index in [9.17, 15) is 14.4 Å². The zero-order chi connectivity index (χ0) is 20.9. The number of ether oxygens (including phenoxy) is 2. The summed E-state index contributed by atoms with van der Waals surface area (Å²) in [5.74, 6) is -0.847. The minimum Gasteiger partial charge on any atom is -0.483 e. The Morgan fingerprint density at radius 1 is 1.11 bits per heavy atom. The summed E-state index contributed by atoms with van der Waals surface area (Å²) in [6, 6.07) is 5.62. The summed E-state index contributed by atoms with van der Waals surface area (Å²) >= 11 is 8.29. The van der Waals surface area contributed by atoms with E-state index in [1.54, 1.807) is 6.07 Å². The average molecular weight is 474 g/mol. The number of hydrogen-bond donors (Lipinski definition) is 3. The van der Waals surface area contributed by atoms with Crippen molar-refractivity contribution in [3.63, 3.8) is 0 Å². The molecule has 0 bridgehead atoms. The van der Waals surface area contributed by atoms with Gasteiger partial charge < -0.3 is 14.8 Å². The maximum Gasteiger partial charge on any atom is 0.306 e. The summed E-state index contributed by atoms with van der Waals surface area (Å²) < 4.78 is 11.1. The van der Waals surface area contributed by atoms with Crippen molar-refractivity contribution >= 4 is 51.0 Å². The SMILES string of the molecule is CCCOC(=O)CCC(=O)NC(=S)NNC(=O)COc1ccc(CC)cc1Br. The van der Waals surface area contributed by atoms with Crippen LogP contribution in [0, 0.1) is 0 Å². The van der Waals surface area contributed by atoms with Gasteiger partial charge >= 0.3 is 5.97 Å². The molecule has 0 aliphatic carbocycles. The lowest BCUT2D eigenvalue weighted by Crippen LogP contribution is -2.49. The van der Waals surface area contributed by atoms with Crippen molar-refractivity contribution in [1.82, 2.24) is 16.2 Å². The fourth-order valence-electron chi connectivity index (χ4n) is 1.91. The van der Waals surface area contributed by atoms with E-state index in [0.717, 1.165) is 22.9 Å². The topological polar surface area (TPSA) is 106 Å². The molecule has 0 spiro atoms. The largest absolute Gasteiger partial charge is 0.483 e. The van der Waals surface area contributed by atoms with E-state index in [4.69, 9.17) is 21.7 Å². The Labute approximate surface area is 177 Å². The van der Waals surface area contributed by atoms with Crippen LogP contribution >= 0.6 is 28.1 Å². The van der Waals surface area contributed by atoms with Crippen LogP contribution in [0.3, 0.4) is 0 Å². The number of hydrogen-bond acceptors (Lipinski definition) is 6. The van der Waals surface area contributed by atoms with Crippen LogP contribution in [-0.4, -0.2) is 36.1 Å². The van der Waals surface area contributed by atoms with Crippen LogP contribution in [0.5, 0.6) is 5.75 Å². The van der Waals surface area contributed by atoms with Crippen LogP contribution in [0.4, 0.5) is 0 Å². The molecule has 10 heteroatoms. The molecule has 1 aromatic rings. The molecular formula is C18H24BrN3O5S. The first kappa shape index (κ1) is 23.8. The van der Waals surface area contributed by atoms with E-state index in [1.165, 1.54) is 0 Å². The molecule has 0 heterocycles. The van der Waals surface area contributed by atoms with Gasteiger partial charge in [-0.25, -0.2) is 0 Å². The monoisotopic (exact) mass is 473 g/mol. The Hall–Kier alpha value is -2.20. The molecule has 0 aliphatic rings. The van der Waals surface area contributed by atoms with Crippen molar-refractivity contribution in [2.75, 3.05) is 13.2 Å². The molecule has 3 N–H and O–H groups in total. The predicted octanol–water partition coefficient (Wildman–Crippen LogP) is 2.15. The smallest absolute Gasteiger partial charge is 0.306 e. The molecule has 2 amide bonds. The van der Waals surface area contributed by atoms with Gasteiger partial charge in [-0.2, -0.15) is 0 Å². The van der Waals surface area contributed by atoms with Gasteiger partial charge in [-0.1, -0.05) is 19.9 Å². The van der Waals surface area contributed by atoms with Gasteiger partial charge in [0.15, 0.2) is 11.7 Å². The highest BCUT2D eigenvalue weighted by Crippen LogP contribution is 2.26. The quantitative estimate of drug-likeness (QED) is 0.286. The highest BCUT2D eigenvalue weighted by atomic mass is 79.9. The van der Waals surface area contributed by atoms with Crippen molar-refractivity contribution < 1.29 is 23.9 Å². The molecule has 0 unspecified atom stereocenters. The number of esters is 1. The molecule has 154 valence electrons. The third kappa shape index (κ3) is 9.65. The van der Waals surface area contributed by atoms with E-state index < -0.39 is 17.8 Å². The van der Waals surface area contributed by atoms with Crippen molar-refractivity contribution in [3.05, 3.63) is 28.2 Å². The van der Waals surface area contributed by atoms with E-state index >= 15 is 0 Å². The van der Waals surface area contributed by atoms with E-state index in [0.29, 0.717) is 12.4 Å². The molecule has 0 radical (unpaired) electrons. The molecule has 1 rings (SSSR count). The maximum absolute atomic E-state index is 11.8. The fraction of sp³-hybridized carbons (Fsp3) is 0.444. The fourth-order valence-corrected chi connectivity index (χ4v) is 2.62. The number of rotatable bonds is 9. The van der Waals surface area contributed by atoms with Gasteiger partial charge in [-0.05, 0) is 58.7 Å². The van der Waals surface area contributed by atoms with Gasteiger partial charge in [0.05, 0.1) is 17.5 Å². The molecule has 0 aliphatic heterocycles. The van der Waals surface area contributed by atoms with Crippen LogP contribution in [0.1, 0.15) is 38.7 Å². The zero-order valence-corrected chi connectivity index (χ0v) is 18.2. The van der Waals surface area contributed by atoms with Crippen molar-refractivity contribution in [2.24, 2.45) is 0 Å². The number of carbonyl (C=O) groups excluding carboxylic acids is 3. The van der Waals surface area contributed by atoms with Crippen LogP contribution in [-0.2, 0) is 25.5 Å². The van der Waals surface area contributed by atoms with E-state index in [2.05, 4.69) is 32.1 Å². The second kappa shape index (κ2) is 13.1. The van der Waals surface area contributed by atoms with E-state index in [1.807, 2.05) is 26.0 Å². The number of carbonyl (C=O) groups is 3. The van der Waals surface area contributed by atoms with Crippen molar-refractivity contribution in [3.8, 4) is 5.75 Å². The van der Waals surface area contributed by atoms with Gasteiger partial charge in [-0.3, -0.25) is 25.2 Å². The highest BCUT2D eigenvalue weighted by molar-refractivity contribution is 9.10. The lowest BCUT2D eigenvalue weighted by Gasteiger charge is -2.12. The minimum atomic E-state index is -0.480. The number of aryl methyl sites for hydroxylation is 1. The van der Waals surface area contributed by atoms with E-state index in [-0.39, 0.29) is 24.6 Å². The highest BCUT2D eigenvalue weighted by Gasteiger charge is 2.10. The summed E-state index contributed by atoms with van der Waals surface area (Å²) in [6.07, 6.45) is 1.51. The number of benzene rings is 1. The van der Waals surface area contributed by atoms with Crippen LogP contribution in [0.2, 0.25) is 0 Å². The molecule has 0 fully saturated rings. The Morgan fingerprint density at radius 3 is 2.50 bits per heavy atom. The van der Waals surface area contributed by atoms with Gasteiger partial charge in [0.1, 0.15) is 5.75 Å². The maximum atomic E-state index is 11.8. The third-order valence-corrected chi connectivity index (χ3v) is 4.18. The molecule has 8 nitrogen and oxygen atoms in total. The predicted molar refractivity (Wildman–Crippen MR) is 112 cm³/mol. The third-order valence-electron chi connectivity index (χ3n) is 3.36. The lowest BCUT2D eigenvalue weighted by atomic mass is 10.2. The minimum absolute atomic E-state index is 0.0413. The number of hydrazine groups is 1. The Balaban J connectivity index is 2.26. The van der Waals surface area contributed by atoms with Crippen LogP contribution in [0.25, 0.3) is 0 Å². The molecule has 0 saturated carbocycles. The zero-order valence-electron chi connectivity index (χ0n) is 15.8. The Kier molecular flexibility index (Phi) is 11.1. The summed E-state index contributed by atoms with van der Waals surface area (Å²) in [4.78, 5) is 34.8. The first-order valence-corrected chi connectivity index (χ1v) is 10.0. The molecule has 0 aromatic heterocycles. The summed E-state index contributed by atoms with van der Waals surface area (Å²) in [6.45, 7) is 4.01. The number of halogens is 1. The Bertz CT molecular complexity index is 714. The number of nitrogens with one attached hydrogen (secondary N) is 3. The average Bonchev–Trinajstić information content (AvgIpc) is 2.68. The first-order chi connectivity index (χ1) is 13.3. The van der Waals surface area contributed by atoms with Gasteiger partial charge in [0.2, 0.25) is 5.91 Å². The van der Waals surface area contributed by atoms with Gasteiger partial charge in [0.25, 0.3) is 5.91 Å². The van der Waals surface area contributed by atoms with Crippen molar-refractivity contribution in [1.29, 1.82) is 0 Å². The van der Waals surface area contributed by atoms with Crippen molar-refractivity contribution in [2.45, 2.75) is 39.5 Å².